The molecule has 1 aromatic carbocycles. The molecule has 142 valence electrons. The molecule has 2 heterocycles. The number of hydrogen-bond acceptors (Lipinski definition) is 3. The van der Waals surface area contributed by atoms with E-state index in [0.717, 1.165) is 23.2 Å². The molecule has 2 aromatic rings. The standard InChI is InChI=1S/C22H26N2O3/c25-21(15-24-14-19-8-4-5-9-20(19)22(24)26)23(13-18-10-11-27-16-18)12-17-6-2-1-3-7-17/h4-5,8-11,16-17H,1-3,6-7,12-15H2. The van der Waals surface area contributed by atoms with Crippen molar-refractivity contribution in [3.05, 3.63) is 59.5 Å². The van der Waals surface area contributed by atoms with E-state index in [-0.39, 0.29) is 18.4 Å². The van der Waals surface area contributed by atoms with Crippen LogP contribution >= 0.6 is 0 Å². The van der Waals surface area contributed by atoms with Crippen LogP contribution in [0.15, 0.2) is 47.3 Å². The molecule has 1 fully saturated rings. The highest BCUT2D eigenvalue weighted by molar-refractivity contribution is 6.00. The highest BCUT2D eigenvalue weighted by Gasteiger charge is 2.30. The Hall–Kier alpha value is -2.56. The van der Waals surface area contributed by atoms with Crippen LogP contribution in [0.25, 0.3) is 0 Å². The van der Waals surface area contributed by atoms with Crippen LogP contribution in [0.4, 0.5) is 0 Å². The molecule has 0 N–H and O–H groups in total. The fourth-order valence-electron chi connectivity index (χ4n) is 4.24. The van der Waals surface area contributed by atoms with Crippen LogP contribution in [0.2, 0.25) is 0 Å². The predicted octanol–water partition coefficient (Wildman–Crippen LogP) is 3.84. The summed E-state index contributed by atoms with van der Waals surface area (Å²) in [4.78, 5) is 29.3. The van der Waals surface area contributed by atoms with Gasteiger partial charge in [0.15, 0.2) is 0 Å². The Morgan fingerprint density at radius 1 is 1.15 bits per heavy atom. The van der Waals surface area contributed by atoms with E-state index in [1.807, 2.05) is 35.2 Å². The third kappa shape index (κ3) is 4.07. The van der Waals surface area contributed by atoms with Gasteiger partial charge in [-0.3, -0.25) is 9.59 Å². The maximum absolute atomic E-state index is 13.1. The number of amides is 2. The molecule has 2 aliphatic rings. The van der Waals surface area contributed by atoms with Crippen LogP contribution in [0.5, 0.6) is 0 Å². The number of carbonyl (C=O) groups is 2. The van der Waals surface area contributed by atoms with Gasteiger partial charge in [-0.15, -0.1) is 0 Å². The second kappa shape index (κ2) is 7.99. The van der Waals surface area contributed by atoms with Crippen molar-refractivity contribution in [3.8, 4) is 0 Å². The van der Waals surface area contributed by atoms with E-state index in [2.05, 4.69) is 0 Å². The third-order valence-corrected chi connectivity index (χ3v) is 5.73. The molecule has 0 saturated heterocycles. The van der Waals surface area contributed by atoms with Crippen molar-refractivity contribution in [1.29, 1.82) is 0 Å². The molecule has 0 atom stereocenters. The lowest BCUT2D eigenvalue weighted by Crippen LogP contribution is -2.42. The van der Waals surface area contributed by atoms with E-state index in [1.54, 1.807) is 17.4 Å². The summed E-state index contributed by atoms with van der Waals surface area (Å²) in [5, 5.41) is 0. The summed E-state index contributed by atoms with van der Waals surface area (Å²) in [5.74, 6) is 0.531. The van der Waals surface area contributed by atoms with E-state index >= 15 is 0 Å². The maximum atomic E-state index is 13.1. The quantitative estimate of drug-likeness (QED) is 0.780. The molecule has 0 spiro atoms. The first kappa shape index (κ1) is 17.8. The summed E-state index contributed by atoms with van der Waals surface area (Å²) in [7, 11) is 0. The molecular formula is C22H26N2O3. The zero-order valence-corrected chi connectivity index (χ0v) is 15.6. The van der Waals surface area contributed by atoms with E-state index in [9.17, 15) is 9.59 Å². The average Bonchev–Trinajstić information content (AvgIpc) is 3.31. The summed E-state index contributed by atoms with van der Waals surface area (Å²) >= 11 is 0. The van der Waals surface area contributed by atoms with Gasteiger partial charge in [-0.2, -0.15) is 0 Å². The molecular weight excluding hydrogens is 340 g/mol. The zero-order chi connectivity index (χ0) is 18.6. The third-order valence-electron chi connectivity index (χ3n) is 5.73. The van der Waals surface area contributed by atoms with Crippen molar-refractivity contribution in [3.63, 3.8) is 0 Å². The van der Waals surface area contributed by atoms with Gasteiger partial charge >= 0.3 is 0 Å². The molecule has 2 amide bonds. The van der Waals surface area contributed by atoms with E-state index in [1.165, 1.54) is 32.1 Å². The highest BCUT2D eigenvalue weighted by atomic mass is 16.3. The van der Waals surface area contributed by atoms with Gasteiger partial charge in [0.1, 0.15) is 6.54 Å². The van der Waals surface area contributed by atoms with Crippen LogP contribution in [-0.4, -0.2) is 34.7 Å². The summed E-state index contributed by atoms with van der Waals surface area (Å²) in [6.07, 6.45) is 9.49. The minimum atomic E-state index is -0.0418. The summed E-state index contributed by atoms with van der Waals surface area (Å²) < 4.78 is 5.18. The lowest BCUT2D eigenvalue weighted by Gasteiger charge is -2.31. The predicted molar refractivity (Wildman–Crippen MR) is 102 cm³/mol. The lowest BCUT2D eigenvalue weighted by molar-refractivity contribution is -0.133. The minimum Gasteiger partial charge on any atom is -0.472 e. The first-order chi connectivity index (χ1) is 13.2. The van der Waals surface area contributed by atoms with Crippen molar-refractivity contribution in [2.24, 2.45) is 5.92 Å². The number of rotatable bonds is 6. The number of carbonyl (C=O) groups excluding carboxylic acids is 2. The smallest absolute Gasteiger partial charge is 0.254 e. The topological polar surface area (TPSA) is 53.8 Å². The molecule has 0 bridgehead atoms. The van der Waals surface area contributed by atoms with E-state index < -0.39 is 0 Å². The normalized spacial score (nSPS) is 17.2. The van der Waals surface area contributed by atoms with Gasteiger partial charge in [0.2, 0.25) is 5.91 Å². The number of nitrogens with zero attached hydrogens (tertiary/aromatic N) is 2. The Balaban J connectivity index is 1.44. The van der Waals surface area contributed by atoms with Crippen molar-refractivity contribution in [2.45, 2.75) is 45.2 Å². The molecule has 0 radical (unpaired) electrons. The first-order valence-corrected chi connectivity index (χ1v) is 9.87. The molecule has 5 nitrogen and oxygen atoms in total. The van der Waals surface area contributed by atoms with Crippen LogP contribution in [0, 0.1) is 5.92 Å². The fourth-order valence-corrected chi connectivity index (χ4v) is 4.24. The molecule has 1 saturated carbocycles. The van der Waals surface area contributed by atoms with Crippen LogP contribution in [0.1, 0.15) is 53.6 Å². The minimum absolute atomic E-state index is 0.0166. The second-order valence-electron chi connectivity index (χ2n) is 7.73. The van der Waals surface area contributed by atoms with E-state index in [4.69, 9.17) is 4.42 Å². The molecule has 1 aliphatic carbocycles. The van der Waals surface area contributed by atoms with Gasteiger partial charge in [-0.25, -0.2) is 0 Å². The van der Waals surface area contributed by atoms with Crippen molar-refractivity contribution in [2.75, 3.05) is 13.1 Å². The van der Waals surface area contributed by atoms with Crippen molar-refractivity contribution < 1.29 is 14.0 Å². The SMILES string of the molecule is O=C(CN1Cc2ccccc2C1=O)N(Cc1ccoc1)CC1CCCCC1. The van der Waals surface area contributed by atoms with Gasteiger partial charge in [0.05, 0.1) is 12.5 Å². The van der Waals surface area contributed by atoms with Crippen LogP contribution in [-0.2, 0) is 17.9 Å². The van der Waals surface area contributed by atoms with Crippen molar-refractivity contribution >= 4 is 11.8 Å². The number of furan rings is 1. The Labute approximate surface area is 159 Å². The monoisotopic (exact) mass is 366 g/mol. The van der Waals surface area contributed by atoms with E-state index in [0.29, 0.717) is 19.0 Å². The lowest BCUT2D eigenvalue weighted by atomic mass is 9.89. The Morgan fingerprint density at radius 3 is 2.70 bits per heavy atom. The molecule has 1 aliphatic heterocycles. The summed E-state index contributed by atoms with van der Waals surface area (Å²) in [5.41, 5.74) is 2.72. The first-order valence-electron chi connectivity index (χ1n) is 9.87. The zero-order valence-electron chi connectivity index (χ0n) is 15.6. The fraction of sp³-hybridized carbons (Fsp3) is 0.455. The Bertz CT molecular complexity index is 794. The van der Waals surface area contributed by atoms with Gasteiger partial charge < -0.3 is 14.2 Å². The Morgan fingerprint density at radius 2 is 1.96 bits per heavy atom. The van der Waals surface area contributed by atoms with Gasteiger partial charge in [0, 0.05) is 30.8 Å². The second-order valence-corrected chi connectivity index (χ2v) is 7.73. The number of fused-ring (bicyclic) bond motifs is 1. The number of benzene rings is 1. The van der Waals surface area contributed by atoms with Gasteiger partial charge in [-0.1, -0.05) is 37.5 Å². The molecule has 1 aromatic heterocycles. The molecule has 4 rings (SSSR count). The van der Waals surface area contributed by atoms with Crippen molar-refractivity contribution in [1.82, 2.24) is 9.80 Å². The van der Waals surface area contributed by atoms with Crippen LogP contribution in [0.3, 0.4) is 0 Å². The average molecular weight is 366 g/mol. The summed E-state index contributed by atoms with van der Waals surface area (Å²) in [6.45, 7) is 1.96. The summed E-state index contributed by atoms with van der Waals surface area (Å²) in [6, 6.07) is 9.51. The highest BCUT2D eigenvalue weighted by Crippen LogP contribution is 2.26. The molecule has 5 heteroatoms. The molecule has 27 heavy (non-hydrogen) atoms. The maximum Gasteiger partial charge on any atom is 0.254 e. The van der Waals surface area contributed by atoms with Crippen LogP contribution < -0.4 is 0 Å². The van der Waals surface area contributed by atoms with Gasteiger partial charge in [0.25, 0.3) is 5.91 Å². The largest absolute Gasteiger partial charge is 0.472 e. The Kier molecular flexibility index (Phi) is 5.28. The number of hydrogen-bond donors (Lipinski definition) is 0. The van der Waals surface area contributed by atoms with Gasteiger partial charge in [-0.05, 0) is 36.5 Å². The molecule has 0 unspecified atom stereocenters.